The second-order valence-electron chi connectivity index (χ2n) is 5.41. The van der Waals surface area contributed by atoms with Gasteiger partial charge in [-0.05, 0) is 44.9 Å². The molecule has 0 aliphatic carbocycles. The zero-order valence-electron chi connectivity index (χ0n) is 11.5. The third-order valence-electron chi connectivity index (χ3n) is 2.94. The lowest BCUT2D eigenvalue weighted by atomic mass is 10.2. The lowest BCUT2D eigenvalue weighted by Gasteiger charge is -2.19. The summed E-state index contributed by atoms with van der Waals surface area (Å²) in [6.07, 6.45) is 3.56. The predicted octanol–water partition coefficient (Wildman–Crippen LogP) is 1.69. The Morgan fingerprint density at radius 3 is 2.56 bits per heavy atom. The van der Waals surface area contributed by atoms with Gasteiger partial charge in [-0.3, -0.25) is 4.98 Å². The number of aromatic nitrogens is 1. The number of rotatable bonds is 5. The van der Waals surface area contributed by atoms with E-state index >= 15 is 0 Å². The average Bonchev–Trinajstić information content (AvgIpc) is 2.25. The first-order chi connectivity index (χ1) is 8.24. The Morgan fingerprint density at radius 1 is 1.33 bits per heavy atom. The molecule has 102 valence electrons. The molecule has 1 aromatic rings. The first-order valence-corrected chi connectivity index (χ1v) is 7.72. The van der Waals surface area contributed by atoms with E-state index < -0.39 is 14.6 Å². The minimum Gasteiger partial charge on any atom is -0.312 e. The molecule has 0 bridgehead atoms. The van der Waals surface area contributed by atoms with Crippen LogP contribution in [0.25, 0.3) is 0 Å². The van der Waals surface area contributed by atoms with Gasteiger partial charge in [0.25, 0.3) is 0 Å². The highest BCUT2D eigenvalue weighted by molar-refractivity contribution is 7.92. The molecule has 1 N–H and O–H groups in total. The van der Waals surface area contributed by atoms with Crippen molar-refractivity contribution in [1.29, 1.82) is 0 Å². The van der Waals surface area contributed by atoms with Crippen LogP contribution in [0, 0.1) is 6.92 Å². The first kappa shape index (κ1) is 15.1. The number of aryl methyl sites for hydroxylation is 1. The van der Waals surface area contributed by atoms with Gasteiger partial charge in [0, 0.05) is 25.5 Å². The van der Waals surface area contributed by atoms with Crippen molar-refractivity contribution in [3.63, 3.8) is 0 Å². The van der Waals surface area contributed by atoms with E-state index in [1.807, 2.05) is 13.0 Å². The summed E-state index contributed by atoms with van der Waals surface area (Å²) < 4.78 is 23.1. The molecule has 18 heavy (non-hydrogen) atoms. The SMILES string of the molecule is Cc1ccncc1CNCCS(=O)(=O)C(C)(C)C. The van der Waals surface area contributed by atoms with Crippen LogP contribution in [0.5, 0.6) is 0 Å². The average molecular weight is 270 g/mol. The number of hydrogen-bond donors (Lipinski definition) is 1. The molecule has 0 fully saturated rings. The number of hydrogen-bond acceptors (Lipinski definition) is 4. The summed E-state index contributed by atoms with van der Waals surface area (Å²) in [4.78, 5) is 4.05. The molecule has 0 atom stereocenters. The van der Waals surface area contributed by atoms with Crippen molar-refractivity contribution in [3.8, 4) is 0 Å². The van der Waals surface area contributed by atoms with Gasteiger partial charge in [0.05, 0.1) is 10.5 Å². The fourth-order valence-corrected chi connectivity index (χ4v) is 2.44. The highest BCUT2D eigenvalue weighted by Crippen LogP contribution is 2.15. The molecule has 0 aliphatic heterocycles. The highest BCUT2D eigenvalue weighted by atomic mass is 32.2. The Hall–Kier alpha value is -0.940. The third-order valence-corrected chi connectivity index (χ3v) is 5.55. The van der Waals surface area contributed by atoms with Crippen LogP contribution in [-0.4, -0.2) is 30.4 Å². The van der Waals surface area contributed by atoms with Crippen molar-refractivity contribution in [2.45, 2.75) is 39.0 Å². The molecule has 5 heteroatoms. The molecule has 1 rings (SSSR count). The van der Waals surface area contributed by atoms with Crippen LogP contribution >= 0.6 is 0 Å². The standard InChI is InChI=1S/C13H22N2O2S/c1-11-5-6-14-9-12(11)10-15-7-8-18(16,17)13(2,3)4/h5-6,9,15H,7-8,10H2,1-4H3. The van der Waals surface area contributed by atoms with E-state index in [2.05, 4.69) is 10.3 Å². The summed E-state index contributed by atoms with van der Waals surface area (Å²) in [5.41, 5.74) is 2.27. The van der Waals surface area contributed by atoms with E-state index in [9.17, 15) is 8.42 Å². The van der Waals surface area contributed by atoms with Gasteiger partial charge < -0.3 is 5.32 Å². The normalized spacial score (nSPS) is 12.7. The van der Waals surface area contributed by atoms with E-state index in [1.54, 1.807) is 33.2 Å². The molecule has 0 saturated heterocycles. The van der Waals surface area contributed by atoms with Crippen molar-refractivity contribution < 1.29 is 8.42 Å². The minimum absolute atomic E-state index is 0.163. The molecule has 1 aromatic heterocycles. The van der Waals surface area contributed by atoms with Crippen LogP contribution in [0.1, 0.15) is 31.9 Å². The van der Waals surface area contributed by atoms with Gasteiger partial charge in [-0.15, -0.1) is 0 Å². The summed E-state index contributed by atoms with van der Waals surface area (Å²) in [5, 5.41) is 3.15. The van der Waals surface area contributed by atoms with Gasteiger partial charge in [0.1, 0.15) is 0 Å². The summed E-state index contributed by atoms with van der Waals surface area (Å²) in [5.74, 6) is 0.163. The highest BCUT2D eigenvalue weighted by Gasteiger charge is 2.27. The monoisotopic (exact) mass is 270 g/mol. The third kappa shape index (κ3) is 4.07. The smallest absolute Gasteiger partial charge is 0.156 e. The lowest BCUT2D eigenvalue weighted by molar-refractivity contribution is 0.555. The van der Waals surface area contributed by atoms with E-state index in [4.69, 9.17) is 0 Å². The summed E-state index contributed by atoms with van der Waals surface area (Å²) in [6, 6.07) is 1.95. The van der Waals surface area contributed by atoms with Gasteiger partial charge in [-0.25, -0.2) is 8.42 Å². The fraction of sp³-hybridized carbons (Fsp3) is 0.615. The van der Waals surface area contributed by atoms with Crippen LogP contribution in [0.15, 0.2) is 18.5 Å². The van der Waals surface area contributed by atoms with E-state index in [0.29, 0.717) is 13.1 Å². The number of pyridine rings is 1. The molecule has 0 amide bonds. The Bertz CT molecular complexity index is 490. The van der Waals surface area contributed by atoms with Crippen molar-refractivity contribution in [2.75, 3.05) is 12.3 Å². The number of sulfone groups is 1. The van der Waals surface area contributed by atoms with Crippen LogP contribution in [-0.2, 0) is 16.4 Å². The molecule has 0 aromatic carbocycles. The molecule has 0 radical (unpaired) electrons. The maximum Gasteiger partial charge on any atom is 0.156 e. The fourth-order valence-electron chi connectivity index (χ4n) is 1.42. The van der Waals surface area contributed by atoms with Gasteiger partial charge >= 0.3 is 0 Å². The molecule has 0 unspecified atom stereocenters. The van der Waals surface area contributed by atoms with Crippen LogP contribution in [0.4, 0.5) is 0 Å². The van der Waals surface area contributed by atoms with E-state index in [1.165, 1.54) is 0 Å². The molecule has 4 nitrogen and oxygen atoms in total. The number of nitrogens with one attached hydrogen (secondary N) is 1. The summed E-state index contributed by atoms with van der Waals surface area (Å²) in [7, 11) is -3.04. The Kier molecular flexibility index (Phi) is 4.87. The zero-order valence-corrected chi connectivity index (χ0v) is 12.3. The van der Waals surface area contributed by atoms with E-state index in [-0.39, 0.29) is 5.75 Å². The second-order valence-corrected chi connectivity index (χ2v) is 8.27. The minimum atomic E-state index is -3.04. The Labute approximate surface area is 110 Å². The first-order valence-electron chi connectivity index (χ1n) is 6.06. The van der Waals surface area contributed by atoms with Gasteiger partial charge in [-0.1, -0.05) is 0 Å². The topological polar surface area (TPSA) is 59.1 Å². The summed E-state index contributed by atoms with van der Waals surface area (Å²) >= 11 is 0. The zero-order chi connectivity index (χ0) is 13.8. The molecular formula is C13H22N2O2S. The lowest BCUT2D eigenvalue weighted by Crippen LogP contribution is -2.34. The molecular weight excluding hydrogens is 248 g/mol. The summed E-state index contributed by atoms with van der Waals surface area (Å²) in [6.45, 7) is 8.33. The molecule has 1 heterocycles. The van der Waals surface area contributed by atoms with Crippen molar-refractivity contribution in [3.05, 3.63) is 29.6 Å². The number of nitrogens with zero attached hydrogens (tertiary/aromatic N) is 1. The van der Waals surface area contributed by atoms with E-state index in [0.717, 1.165) is 11.1 Å². The quantitative estimate of drug-likeness (QED) is 0.827. The molecule has 0 saturated carbocycles. The Morgan fingerprint density at radius 2 is 2.00 bits per heavy atom. The van der Waals surface area contributed by atoms with Gasteiger partial charge in [0.15, 0.2) is 9.84 Å². The van der Waals surface area contributed by atoms with Crippen LogP contribution < -0.4 is 5.32 Å². The predicted molar refractivity (Wildman–Crippen MR) is 74.2 cm³/mol. The van der Waals surface area contributed by atoms with Gasteiger partial charge in [0.2, 0.25) is 0 Å². The van der Waals surface area contributed by atoms with Gasteiger partial charge in [-0.2, -0.15) is 0 Å². The largest absolute Gasteiger partial charge is 0.312 e. The molecule has 0 aliphatic rings. The van der Waals surface area contributed by atoms with Crippen LogP contribution in [0.3, 0.4) is 0 Å². The second kappa shape index (κ2) is 5.80. The van der Waals surface area contributed by atoms with Crippen molar-refractivity contribution in [1.82, 2.24) is 10.3 Å². The Balaban J connectivity index is 2.43. The maximum absolute atomic E-state index is 11.9. The maximum atomic E-state index is 11.9. The van der Waals surface area contributed by atoms with Crippen molar-refractivity contribution in [2.24, 2.45) is 0 Å². The van der Waals surface area contributed by atoms with Crippen LogP contribution in [0.2, 0.25) is 0 Å². The van der Waals surface area contributed by atoms with Crippen molar-refractivity contribution >= 4 is 9.84 Å². The molecule has 0 spiro atoms.